The normalized spacial score (nSPS) is 17.7. The Balaban J connectivity index is 1.49. The summed E-state index contributed by atoms with van der Waals surface area (Å²) in [6.45, 7) is 6.79. The molecule has 5 nitrogen and oxygen atoms in total. The highest BCUT2D eigenvalue weighted by molar-refractivity contribution is 5.79. The van der Waals surface area contributed by atoms with Gasteiger partial charge in [-0.15, -0.1) is 0 Å². The van der Waals surface area contributed by atoms with Gasteiger partial charge >= 0.3 is 0 Å². The van der Waals surface area contributed by atoms with E-state index in [4.69, 9.17) is 10.5 Å². The van der Waals surface area contributed by atoms with Crippen LogP contribution in [0.2, 0.25) is 0 Å². The van der Waals surface area contributed by atoms with E-state index in [1.165, 1.54) is 26.2 Å². The molecular formula is C20H26N4O. The number of ether oxygens (including phenoxy) is 1. The molecule has 0 amide bonds. The van der Waals surface area contributed by atoms with E-state index in [-0.39, 0.29) is 0 Å². The van der Waals surface area contributed by atoms with Crippen molar-refractivity contribution in [3.05, 3.63) is 42.5 Å². The van der Waals surface area contributed by atoms with Crippen molar-refractivity contribution in [2.75, 3.05) is 56.9 Å². The van der Waals surface area contributed by atoms with Gasteiger partial charge in [0.15, 0.2) is 11.5 Å². The summed E-state index contributed by atoms with van der Waals surface area (Å²) in [5, 5.41) is 0. The molecule has 2 heterocycles. The van der Waals surface area contributed by atoms with Gasteiger partial charge < -0.3 is 25.2 Å². The van der Waals surface area contributed by atoms with E-state index in [9.17, 15) is 0 Å². The fraction of sp³-hybridized carbons (Fsp3) is 0.400. The van der Waals surface area contributed by atoms with Crippen LogP contribution in [0.1, 0.15) is 6.42 Å². The monoisotopic (exact) mass is 338 g/mol. The predicted octanol–water partition coefficient (Wildman–Crippen LogP) is 3.15. The summed E-state index contributed by atoms with van der Waals surface area (Å²) in [6, 6.07) is 14.2. The number of nitrogens with two attached hydrogens (primary N) is 1. The number of piperazine rings is 1. The SMILES string of the molecule is CN1CCN(CCCN2c3ccccc3Oc3cc(N)ccc32)CC1. The molecule has 5 heteroatoms. The molecule has 1 saturated heterocycles. The van der Waals surface area contributed by atoms with Crippen LogP contribution in [0.25, 0.3) is 0 Å². The van der Waals surface area contributed by atoms with Crippen LogP contribution in [-0.4, -0.2) is 56.1 Å². The van der Waals surface area contributed by atoms with Crippen LogP contribution in [0.4, 0.5) is 17.1 Å². The standard InChI is InChI=1S/C20H26N4O/c1-22-11-13-23(14-12-22)9-4-10-24-17-5-2-3-6-19(17)25-20-15-16(21)7-8-18(20)24/h2-3,5-8,15H,4,9-14,21H2,1H3. The second-order valence-corrected chi connectivity index (χ2v) is 6.95. The second kappa shape index (κ2) is 6.94. The van der Waals surface area contributed by atoms with Gasteiger partial charge in [-0.3, -0.25) is 0 Å². The lowest BCUT2D eigenvalue weighted by atomic mass is 10.1. The molecule has 2 aliphatic rings. The second-order valence-electron chi connectivity index (χ2n) is 6.95. The van der Waals surface area contributed by atoms with Crippen molar-refractivity contribution in [1.82, 2.24) is 9.80 Å². The minimum Gasteiger partial charge on any atom is -0.453 e. The van der Waals surface area contributed by atoms with Gasteiger partial charge in [-0.2, -0.15) is 0 Å². The first kappa shape index (κ1) is 16.2. The Bertz CT molecular complexity index is 740. The molecule has 0 unspecified atom stereocenters. The van der Waals surface area contributed by atoms with E-state index < -0.39 is 0 Å². The zero-order valence-electron chi connectivity index (χ0n) is 14.8. The molecule has 0 atom stereocenters. The first-order valence-corrected chi connectivity index (χ1v) is 9.05. The average molecular weight is 338 g/mol. The molecule has 0 spiro atoms. The number of nitrogens with zero attached hydrogens (tertiary/aromatic N) is 3. The van der Waals surface area contributed by atoms with Gasteiger partial charge in [-0.25, -0.2) is 0 Å². The van der Waals surface area contributed by atoms with E-state index in [0.717, 1.165) is 48.1 Å². The molecular weight excluding hydrogens is 312 g/mol. The molecule has 2 aliphatic heterocycles. The maximum atomic E-state index is 6.06. The topological polar surface area (TPSA) is 45.0 Å². The van der Waals surface area contributed by atoms with Gasteiger partial charge in [0.25, 0.3) is 0 Å². The van der Waals surface area contributed by atoms with Crippen molar-refractivity contribution in [2.45, 2.75) is 6.42 Å². The summed E-state index contributed by atoms with van der Waals surface area (Å²) >= 11 is 0. The fourth-order valence-corrected chi connectivity index (χ4v) is 3.61. The highest BCUT2D eigenvalue weighted by Crippen LogP contribution is 2.46. The van der Waals surface area contributed by atoms with Gasteiger partial charge in [0, 0.05) is 44.5 Å². The summed E-state index contributed by atoms with van der Waals surface area (Å²) in [5.74, 6) is 1.75. The third-order valence-corrected chi connectivity index (χ3v) is 5.10. The Labute approximate surface area is 149 Å². The molecule has 0 aromatic heterocycles. The Kier molecular flexibility index (Phi) is 4.51. The average Bonchev–Trinajstić information content (AvgIpc) is 2.62. The lowest BCUT2D eigenvalue weighted by Gasteiger charge is -2.35. The molecule has 0 saturated carbocycles. The maximum absolute atomic E-state index is 6.06. The van der Waals surface area contributed by atoms with Crippen molar-refractivity contribution < 1.29 is 4.74 Å². The van der Waals surface area contributed by atoms with Crippen LogP contribution in [0, 0.1) is 0 Å². The molecule has 132 valence electrons. The lowest BCUT2D eigenvalue weighted by molar-refractivity contribution is 0.153. The summed E-state index contributed by atoms with van der Waals surface area (Å²) in [5.41, 5.74) is 8.92. The molecule has 2 N–H and O–H groups in total. The van der Waals surface area contributed by atoms with Gasteiger partial charge in [0.2, 0.25) is 0 Å². The molecule has 0 bridgehead atoms. The van der Waals surface area contributed by atoms with Crippen molar-refractivity contribution in [3.8, 4) is 11.5 Å². The zero-order valence-corrected chi connectivity index (χ0v) is 14.8. The Morgan fingerprint density at radius 3 is 2.52 bits per heavy atom. The first-order chi connectivity index (χ1) is 12.2. The molecule has 4 rings (SSSR count). The van der Waals surface area contributed by atoms with Crippen LogP contribution in [-0.2, 0) is 0 Å². The van der Waals surface area contributed by atoms with Crippen molar-refractivity contribution >= 4 is 17.1 Å². The number of rotatable bonds is 4. The first-order valence-electron chi connectivity index (χ1n) is 9.05. The van der Waals surface area contributed by atoms with E-state index in [1.807, 2.05) is 24.3 Å². The van der Waals surface area contributed by atoms with E-state index in [2.05, 4.69) is 39.9 Å². The minimum absolute atomic E-state index is 0.732. The Morgan fingerprint density at radius 2 is 1.68 bits per heavy atom. The summed E-state index contributed by atoms with van der Waals surface area (Å²) < 4.78 is 6.06. The summed E-state index contributed by atoms with van der Waals surface area (Å²) in [4.78, 5) is 7.33. The highest BCUT2D eigenvalue weighted by atomic mass is 16.5. The molecule has 1 fully saturated rings. The summed E-state index contributed by atoms with van der Waals surface area (Å²) in [6.07, 6.45) is 1.13. The minimum atomic E-state index is 0.732. The molecule has 25 heavy (non-hydrogen) atoms. The predicted molar refractivity (Wildman–Crippen MR) is 103 cm³/mol. The summed E-state index contributed by atoms with van der Waals surface area (Å²) in [7, 11) is 2.20. The number of para-hydroxylation sites is 2. The molecule has 2 aromatic carbocycles. The highest BCUT2D eigenvalue weighted by Gasteiger charge is 2.24. The van der Waals surface area contributed by atoms with Crippen LogP contribution in [0.3, 0.4) is 0 Å². The quantitative estimate of drug-likeness (QED) is 0.868. The molecule has 0 radical (unpaired) electrons. The van der Waals surface area contributed by atoms with Gasteiger partial charge in [-0.05, 0) is 44.3 Å². The third kappa shape index (κ3) is 3.43. The van der Waals surface area contributed by atoms with Crippen molar-refractivity contribution in [3.63, 3.8) is 0 Å². The number of hydrogen-bond donors (Lipinski definition) is 1. The number of nitrogen functional groups attached to an aromatic ring is 1. The van der Waals surface area contributed by atoms with Crippen LogP contribution in [0.15, 0.2) is 42.5 Å². The van der Waals surface area contributed by atoms with Crippen molar-refractivity contribution in [2.24, 2.45) is 0 Å². The smallest absolute Gasteiger partial charge is 0.153 e. The Hall–Kier alpha value is -2.24. The third-order valence-electron chi connectivity index (χ3n) is 5.10. The number of fused-ring (bicyclic) bond motifs is 2. The van der Waals surface area contributed by atoms with E-state index in [1.54, 1.807) is 0 Å². The number of benzene rings is 2. The Morgan fingerprint density at radius 1 is 0.920 bits per heavy atom. The number of likely N-dealkylation sites (N-methyl/N-ethyl adjacent to an activating group) is 1. The van der Waals surface area contributed by atoms with Gasteiger partial charge in [0.05, 0.1) is 11.4 Å². The number of anilines is 3. The lowest BCUT2D eigenvalue weighted by Crippen LogP contribution is -2.45. The van der Waals surface area contributed by atoms with E-state index in [0.29, 0.717) is 0 Å². The van der Waals surface area contributed by atoms with Gasteiger partial charge in [0.1, 0.15) is 0 Å². The van der Waals surface area contributed by atoms with E-state index >= 15 is 0 Å². The van der Waals surface area contributed by atoms with Crippen molar-refractivity contribution in [1.29, 1.82) is 0 Å². The van der Waals surface area contributed by atoms with Crippen LogP contribution in [0.5, 0.6) is 11.5 Å². The zero-order chi connectivity index (χ0) is 17.2. The number of hydrogen-bond acceptors (Lipinski definition) is 5. The maximum Gasteiger partial charge on any atom is 0.153 e. The molecule has 2 aromatic rings. The fourth-order valence-electron chi connectivity index (χ4n) is 3.61. The van der Waals surface area contributed by atoms with Crippen LogP contribution < -0.4 is 15.4 Å². The molecule has 0 aliphatic carbocycles. The van der Waals surface area contributed by atoms with Gasteiger partial charge in [-0.1, -0.05) is 12.1 Å². The van der Waals surface area contributed by atoms with Crippen LogP contribution >= 0.6 is 0 Å². The largest absolute Gasteiger partial charge is 0.453 e.